The van der Waals surface area contributed by atoms with Crippen LogP contribution < -0.4 is 10.0 Å². The SMILES string of the molecule is Cl.O=S(=O)(NCC1(O)CCCNC1)c1cccc(Cl)c1. The maximum Gasteiger partial charge on any atom is 0.240 e. The number of halogens is 2. The van der Waals surface area contributed by atoms with E-state index in [0.29, 0.717) is 18.0 Å². The molecule has 1 aliphatic rings. The molecule has 0 radical (unpaired) electrons. The molecule has 0 spiro atoms. The smallest absolute Gasteiger partial charge is 0.240 e. The quantitative estimate of drug-likeness (QED) is 0.768. The molecule has 1 saturated heterocycles. The molecule has 20 heavy (non-hydrogen) atoms. The van der Waals surface area contributed by atoms with Gasteiger partial charge in [0.1, 0.15) is 0 Å². The molecule has 1 fully saturated rings. The highest BCUT2D eigenvalue weighted by Crippen LogP contribution is 2.18. The molecule has 114 valence electrons. The van der Waals surface area contributed by atoms with E-state index in [2.05, 4.69) is 10.0 Å². The van der Waals surface area contributed by atoms with Gasteiger partial charge < -0.3 is 10.4 Å². The first kappa shape index (κ1) is 17.7. The highest BCUT2D eigenvalue weighted by Gasteiger charge is 2.30. The van der Waals surface area contributed by atoms with Gasteiger partial charge in [0.05, 0.1) is 10.5 Å². The first-order valence-corrected chi connectivity index (χ1v) is 7.96. The molecule has 3 N–H and O–H groups in total. The Balaban J connectivity index is 0.00000200. The molecule has 0 saturated carbocycles. The van der Waals surface area contributed by atoms with Gasteiger partial charge in [-0.3, -0.25) is 0 Å². The van der Waals surface area contributed by atoms with E-state index < -0.39 is 15.6 Å². The summed E-state index contributed by atoms with van der Waals surface area (Å²) >= 11 is 5.78. The number of nitrogens with one attached hydrogen (secondary N) is 2. The predicted octanol–water partition coefficient (Wildman–Crippen LogP) is 1.15. The average Bonchev–Trinajstić information content (AvgIpc) is 2.38. The minimum absolute atomic E-state index is 0. The summed E-state index contributed by atoms with van der Waals surface area (Å²) in [5, 5.41) is 13.6. The van der Waals surface area contributed by atoms with Crippen LogP contribution in [-0.4, -0.2) is 38.8 Å². The molecule has 1 aromatic carbocycles. The minimum atomic E-state index is -3.64. The Morgan fingerprint density at radius 3 is 2.80 bits per heavy atom. The van der Waals surface area contributed by atoms with Crippen molar-refractivity contribution in [2.24, 2.45) is 0 Å². The Labute approximate surface area is 130 Å². The number of rotatable bonds is 4. The second-order valence-corrected chi connectivity index (χ2v) is 6.99. The second kappa shape index (κ2) is 7.06. The van der Waals surface area contributed by atoms with Crippen LogP contribution in [0.1, 0.15) is 12.8 Å². The molecule has 1 atom stereocenters. The maximum absolute atomic E-state index is 12.1. The lowest BCUT2D eigenvalue weighted by molar-refractivity contribution is 0.0218. The third-order valence-corrected chi connectivity index (χ3v) is 4.78. The zero-order valence-corrected chi connectivity index (χ0v) is 13.2. The summed E-state index contributed by atoms with van der Waals surface area (Å²) in [4.78, 5) is 0.104. The molecule has 1 aliphatic heterocycles. The van der Waals surface area contributed by atoms with E-state index >= 15 is 0 Å². The van der Waals surface area contributed by atoms with Crippen LogP contribution in [0.4, 0.5) is 0 Å². The van der Waals surface area contributed by atoms with E-state index in [9.17, 15) is 13.5 Å². The molecule has 1 heterocycles. The topological polar surface area (TPSA) is 78.4 Å². The monoisotopic (exact) mass is 340 g/mol. The van der Waals surface area contributed by atoms with Crippen LogP contribution in [0.2, 0.25) is 5.02 Å². The van der Waals surface area contributed by atoms with E-state index in [1.807, 2.05) is 0 Å². The van der Waals surface area contributed by atoms with Crippen LogP contribution in [0.5, 0.6) is 0 Å². The Morgan fingerprint density at radius 1 is 1.45 bits per heavy atom. The van der Waals surface area contributed by atoms with Crippen LogP contribution in [0, 0.1) is 0 Å². The fraction of sp³-hybridized carbons (Fsp3) is 0.500. The van der Waals surface area contributed by atoms with Crippen molar-refractivity contribution >= 4 is 34.0 Å². The number of aliphatic hydroxyl groups is 1. The minimum Gasteiger partial charge on any atom is -0.387 e. The predicted molar refractivity (Wildman–Crippen MR) is 80.9 cm³/mol. The van der Waals surface area contributed by atoms with Gasteiger partial charge in [0.25, 0.3) is 0 Å². The molecule has 1 unspecified atom stereocenters. The van der Waals surface area contributed by atoms with E-state index in [1.54, 1.807) is 12.1 Å². The first-order valence-electron chi connectivity index (χ1n) is 6.10. The standard InChI is InChI=1S/C12H17ClN2O3S.ClH/c13-10-3-1-4-11(7-10)19(17,18)15-9-12(16)5-2-6-14-8-12;/h1,3-4,7,14-16H,2,5-6,8-9H2;1H. The summed E-state index contributed by atoms with van der Waals surface area (Å²) in [6, 6.07) is 6.04. The lowest BCUT2D eigenvalue weighted by Crippen LogP contribution is -2.52. The number of hydrogen-bond acceptors (Lipinski definition) is 4. The van der Waals surface area contributed by atoms with Gasteiger partial charge in [-0.15, -0.1) is 12.4 Å². The zero-order chi connectivity index (χ0) is 13.9. The third-order valence-electron chi connectivity index (χ3n) is 3.15. The number of piperidine rings is 1. The summed E-state index contributed by atoms with van der Waals surface area (Å²) in [5.41, 5.74) is -1.02. The highest BCUT2D eigenvalue weighted by atomic mass is 35.5. The number of β-amino-alcohol motifs (C(OH)–C–C–N with tert-alkyl or cyclic N) is 1. The lowest BCUT2D eigenvalue weighted by Gasteiger charge is -2.32. The van der Waals surface area contributed by atoms with Crippen LogP contribution in [0.15, 0.2) is 29.2 Å². The summed E-state index contributed by atoms with van der Waals surface area (Å²) in [5.74, 6) is 0. The lowest BCUT2D eigenvalue weighted by atomic mass is 9.95. The summed E-state index contributed by atoms with van der Waals surface area (Å²) in [6.45, 7) is 1.24. The number of hydrogen-bond donors (Lipinski definition) is 3. The molecular weight excluding hydrogens is 323 g/mol. The van der Waals surface area contributed by atoms with Crippen molar-refractivity contribution in [2.45, 2.75) is 23.3 Å². The highest BCUT2D eigenvalue weighted by molar-refractivity contribution is 7.89. The van der Waals surface area contributed by atoms with Crippen molar-refractivity contribution in [3.05, 3.63) is 29.3 Å². The van der Waals surface area contributed by atoms with Crippen molar-refractivity contribution < 1.29 is 13.5 Å². The first-order chi connectivity index (χ1) is 8.91. The second-order valence-electron chi connectivity index (χ2n) is 4.79. The Bertz CT molecular complexity index is 545. The normalized spacial score (nSPS) is 23.1. The van der Waals surface area contributed by atoms with E-state index in [0.717, 1.165) is 13.0 Å². The van der Waals surface area contributed by atoms with Crippen LogP contribution >= 0.6 is 24.0 Å². The number of sulfonamides is 1. The third kappa shape index (κ3) is 4.58. The van der Waals surface area contributed by atoms with Crippen molar-refractivity contribution in [2.75, 3.05) is 19.6 Å². The van der Waals surface area contributed by atoms with Gasteiger partial charge in [-0.25, -0.2) is 13.1 Å². The van der Waals surface area contributed by atoms with Gasteiger partial charge in [0.2, 0.25) is 10.0 Å². The van der Waals surface area contributed by atoms with E-state index in [4.69, 9.17) is 11.6 Å². The van der Waals surface area contributed by atoms with Gasteiger partial charge in [0, 0.05) is 18.1 Å². The fourth-order valence-corrected chi connectivity index (χ4v) is 3.47. The summed E-state index contributed by atoms with van der Waals surface area (Å²) in [7, 11) is -3.64. The number of benzene rings is 1. The molecule has 0 bridgehead atoms. The summed E-state index contributed by atoms with van der Waals surface area (Å²) < 4.78 is 26.6. The Morgan fingerprint density at radius 2 is 2.20 bits per heavy atom. The fourth-order valence-electron chi connectivity index (χ4n) is 2.05. The van der Waals surface area contributed by atoms with Crippen molar-refractivity contribution in [3.63, 3.8) is 0 Å². The summed E-state index contributed by atoms with van der Waals surface area (Å²) in [6.07, 6.45) is 1.41. The molecule has 0 aromatic heterocycles. The molecule has 5 nitrogen and oxygen atoms in total. The van der Waals surface area contributed by atoms with Crippen LogP contribution in [-0.2, 0) is 10.0 Å². The van der Waals surface area contributed by atoms with E-state index in [1.165, 1.54) is 12.1 Å². The van der Waals surface area contributed by atoms with E-state index in [-0.39, 0.29) is 23.8 Å². The van der Waals surface area contributed by atoms with Crippen molar-refractivity contribution in [1.29, 1.82) is 0 Å². The molecular formula is C12H18Cl2N2O3S. The molecule has 0 aliphatic carbocycles. The van der Waals surface area contributed by atoms with Gasteiger partial charge in [0.15, 0.2) is 0 Å². The largest absolute Gasteiger partial charge is 0.387 e. The van der Waals surface area contributed by atoms with Crippen molar-refractivity contribution in [3.8, 4) is 0 Å². The van der Waals surface area contributed by atoms with Crippen LogP contribution in [0.25, 0.3) is 0 Å². The molecule has 1 aromatic rings. The molecule has 8 heteroatoms. The maximum atomic E-state index is 12.1. The molecule has 0 amide bonds. The Kier molecular flexibility index (Phi) is 6.25. The zero-order valence-electron chi connectivity index (χ0n) is 10.8. The average molecular weight is 341 g/mol. The van der Waals surface area contributed by atoms with Gasteiger partial charge in [-0.1, -0.05) is 17.7 Å². The Hall–Kier alpha value is -0.370. The van der Waals surface area contributed by atoms with Gasteiger partial charge in [-0.2, -0.15) is 0 Å². The van der Waals surface area contributed by atoms with Gasteiger partial charge >= 0.3 is 0 Å². The van der Waals surface area contributed by atoms with Crippen molar-refractivity contribution in [1.82, 2.24) is 10.0 Å². The van der Waals surface area contributed by atoms with Gasteiger partial charge in [-0.05, 0) is 37.6 Å². The molecule has 2 rings (SSSR count). The van der Waals surface area contributed by atoms with Crippen LogP contribution in [0.3, 0.4) is 0 Å².